The zero-order chi connectivity index (χ0) is 9.41. The number of carbonyl (C=O) groups excluding carboxylic acids is 1. The van der Waals surface area contributed by atoms with E-state index in [0.29, 0.717) is 0 Å². The molecule has 4 heteroatoms. The summed E-state index contributed by atoms with van der Waals surface area (Å²) in [5.41, 5.74) is -1.62. The Morgan fingerprint density at radius 1 is 1.25 bits per heavy atom. The second-order valence-electron chi connectivity index (χ2n) is 3.60. The molecular weight excluding hydrogens is 169 g/mol. The predicted molar refractivity (Wildman–Crippen MR) is 37.6 cm³/mol. The molecule has 1 rings (SSSR count). The largest absolute Gasteiger partial charge is 0.394 e. The van der Waals surface area contributed by atoms with Crippen LogP contribution in [0.1, 0.15) is 32.6 Å². The van der Waals surface area contributed by atoms with Crippen LogP contribution < -0.4 is 0 Å². The van der Waals surface area contributed by atoms with E-state index in [1.165, 1.54) is 6.92 Å². The molecule has 0 radical (unpaired) electrons. The van der Waals surface area contributed by atoms with Crippen molar-refractivity contribution in [1.82, 2.24) is 0 Å². The molecule has 0 unspecified atom stereocenters. The van der Waals surface area contributed by atoms with Crippen molar-refractivity contribution in [1.29, 1.82) is 0 Å². The SMILES string of the molecule is CC1(C(F)(F)F)CCC(=O)CC1. The lowest BCUT2D eigenvalue weighted by Crippen LogP contribution is -2.38. The van der Waals surface area contributed by atoms with Gasteiger partial charge < -0.3 is 0 Å². The number of ketones is 1. The fourth-order valence-corrected chi connectivity index (χ4v) is 1.36. The number of Topliss-reactive ketones (excluding diaryl/α,β-unsaturated/α-hetero) is 1. The van der Waals surface area contributed by atoms with Crippen molar-refractivity contribution in [2.75, 3.05) is 0 Å². The van der Waals surface area contributed by atoms with Gasteiger partial charge in [-0.15, -0.1) is 0 Å². The highest BCUT2D eigenvalue weighted by Gasteiger charge is 2.51. The van der Waals surface area contributed by atoms with Crippen molar-refractivity contribution < 1.29 is 18.0 Å². The van der Waals surface area contributed by atoms with Crippen molar-refractivity contribution >= 4 is 5.78 Å². The number of halogens is 3. The van der Waals surface area contributed by atoms with Gasteiger partial charge >= 0.3 is 6.18 Å². The smallest absolute Gasteiger partial charge is 0.300 e. The molecule has 0 atom stereocenters. The molecule has 12 heavy (non-hydrogen) atoms. The Balaban J connectivity index is 2.68. The van der Waals surface area contributed by atoms with E-state index in [1.807, 2.05) is 0 Å². The van der Waals surface area contributed by atoms with Crippen molar-refractivity contribution in [3.8, 4) is 0 Å². The fourth-order valence-electron chi connectivity index (χ4n) is 1.36. The summed E-state index contributed by atoms with van der Waals surface area (Å²) in [7, 11) is 0. The minimum Gasteiger partial charge on any atom is -0.300 e. The third-order valence-electron chi connectivity index (χ3n) is 2.60. The predicted octanol–water partition coefficient (Wildman–Crippen LogP) is 2.70. The highest BCUT2D eigenvalue weighted by Crippen LogP contribution is 2.47. The maximum absolute atomic E-state index is 12.3. The Morgan fingerprint density at radius 2 is 1.67 bits per heavy atom. The Morgan fingerprint density at radius 3 is 2.00 bits per heavy atom. The van der Waals surface area contributed by atoms with Crippen LogP contribution in [0.25, 0.3) is 0 Å². The van der Waals surface area contributed by atoms with Crippen molar-refractivity contribution in [2.45, 2.75) is 38.8 Å². The first-order chi connectivity index (χ1) is 5.35. The molecule has 0 aliphatic heterocycles. The maximum Gasteiger partial charge on any atom is 0.394 e. The van der Waals surface area contributed by atoms with Crippen LogP contribution in [0.2, 0.25) is 0 Å². The number of rotatable bonds is 0. The number of carbonyl (C=O) groups is 1. The lowest BCUT2D eigenvalue weighted by molar-refractivity contribution is -0.226. The molecule has 0 N–H and O–H groups in total. The molecule has 0 aromatic rings. The molecule has 0 heterocycles. The van der Waals surface area contributed by atoms with Gasteiger partial charge in [0, 0.05) is 12.8 Å². The molecule has 0 amide bonds. The van der Waals surface area contributed by atoms with E-state index < -0.39 is 11.6 Å². The van der Waals surface area contributed by atoms with Gasteiger partial charge in [0.05, 0.1) is 5.41 Å². The molecular formula is C8H11F3O. The summed E-state index contributed by atoms with van der Waals surface area (Å²) in [6.07, 6.45) is -4.09. The Labute approximate surface area is 68.9 Å². The Bertz CT molecular complexity index is 185. The number of alkyl halides is 3. The molecule has 1 aliphatic carbocycles. The van der Waals surface area contributed by atoms with Crippen LogP contribution in [0.5, 0.6) is 0 Å². The molecule has 1 aliphatic rings. The standard InChI is InChI=1S/C8H11F3O/c1-7(8(9,10)11)4-2-6(12)3-5-7/h2-5H2,1H3. The molecule has 70 valence electrons. The van der Waals surface area contributed by atoms with E-state index in [9.17, 15) is 18.0 Å². The fraction of sp³-hybridized carbons (Fsp3) is 0.875. The zero-order valence-corrected chi connectivity index (χ0v) is 6.87. The van der Waals surface area contributed by atoms with Gasteiger partial charge in [0.25, 0.3) is 0 Å². The normalized spacial score (nSPS) is 24.2. The van der Waals surface area contributed by atoms with Crippen LogP contribution in [0.15, 0.2) is 0 Å². The Kier molecular flexibility index (Phi) is 2.19. The lowest BCUT2D eigenvalue weighted by Gasteiger charge is -2.34. The first kappa shape index (κ1) is 9.55. The summed E-state index contributed by atoms with van der Waals surface area (Å²) in [6, 6.07) is 0. The summed E-state index contributed by atoms with van der Waals surface area (Å²) >= 11 is 0. The summed E-state index contributed by atoms with van der Waals surface area (Å²) < 4.78 is 37.0. The Hall–Kier alpha value is -0.540. The van der Waals surface area contributed by atoms with E-state index in [2.05, 4.69) is 0 Å². The molecule has 1 fully saturated rings. The van der Waals surface area contributed by atoms with Crippen molar-refractivity contribution in [3.05, 3.63) is 0 Å². The van der Waals surface area contributed by atoms with E-state index in [4.69, 9.17) is 0 Å². The summed E-state index contributed by atoms with van der Waals surface area (Å²) in [4.78, 5) is 10.7. The molecule has 0 aromatic carbocycles. The van der Waals surface area contributed by atoms with Gasteiger partial charge in [-0.05, 0) is 12.8 Å². The molecule has 0 spiro atoms. The quantitative estimate of drug-likeness (QED) is 0.560. The average molecular weight is 180 g/mol. The molecule has 0 saturated heterocycles. The van der Waals surface area contributed by atoms with Gasteiger partial charge in [0.2, 0.25) is 0 Å². The third kappa shape index (κ3) is 1.62. The summed E-state index contributed by atoms with van der Waals surface area (Å²) in [5, 5.41) is 0. The van der Waals surface area contributed by atoms with E-state index in [0.717, 1.165) is 0 Å². The average Bonchev–Trinajstić information content (AvgIpc) is 1.93. The molecule has 0 aromatic heterocycles. The van der Waals surface area contributed by atoms with Crippen LogP contribution in [0.4, 0.5) is 13.2 Å². The van der Waals surface area contributed by atoms with Crippen LogP contribution in [-0.4, -0.2) is 12.0 Å². The summed E-state index contributed by atoms with van der Waals surface area (Å²) in [6.45, 7) is 1.19. The van der Waals surface area contributed by atoms with E-state index in [-0.39, 0.29) is 31.5 Å². The van der Waals surface area contributed by atoms with E-state index in [1.54, 1.807) is 0 Å². The minimum absolute atomic E-state index is 0.0447. The third-order valence-corrected chi connectivity index (χ3v) is 2.60. The highest BCUT2D eigenvalue weighted by molar-refractivity contribution is 5.79. The van der Waals surface area contributed by atoms with Gasteiger partial charge in [-0.2, -0.15) is 13.2 Å². The van der Waals surface area contributed by atoms with Crippen LogP contribution in [0, 0.1) is 5.41 Å². The highest BCUT2D eigenvalue weighted by atomic mass is 19.4. The van der Waals surface area contributed by atoms with Crippen LogP contribution in [0.3, 0.4) is 0 Å². The van der Waals surface area contributed by atoms with Gasteiger partial charge in [-0.25, -0.2) is 0 Å². The van der Waals surface area contributed by atoms with Gasteiger partial charge in [0.15, 0.2) is 0 Å². The molecule has 1 nitrogen and oxygen atoms in total. The zero-order valence-electron chi connectivity index (χ0n) is 6.87. The van der Waals surface area contributed by atoms with Gasteiger partial charge in [-0.1, -0.05) is 6.92 Å². The maximum atomic E-state index is 12.3. The van der Waals surface area contributed by atoms with E-state index >= 15 is 0 Å². The van der Waals surface area contributed by atoms with Gasteiger partial charge in [-0.3, -0.25) is 4.79 Å². The first-order valence-corrected chi connectivity index (χ1v) is 3.94. The monoisotopic (exact) mass is 180 g/mol. The van der Waals surface area contributed by atoms with Crippen molar-refractivity contribution in [3.63, 3.8) is 0 Å². The molecule has 1 saturated carbocycles. The van der Waals surface area contributed by atoms with Gasteiger partial charge in [0.1, 0.15) is 5.78 Å². The lowest BCUT2D eigenvalue weighted by atomic mass is 9.75. The first-order valence-electron chi connectivity index (χ1n) is 3.94. The second-order valence-corrected chi connectivity index (χ2v) is 3.60. The summed E-state index contributed by atoms with van der Waals surface area (Å²) in [5.74, 6) is -0.0447. The van der Waals surface area contributed by atoms with Crippen LogP contribution >= 0.6 is 0 Å². The van der Waals surface area contributed by atoms with Crippen LogP contribution in [-0.2, 0) is 4.79 Å². The second kappa shape index (κ2) is 2.75. The van der Waals surface area contributed by atoms with Crippen molar-refractivity contribution in [2.24, 2.45) is 5.41 Å². The number of hydrogen-bond donors (Lipinski definition) is 0. The topological polar surface area (TPSA) is 17.1 Å². The minimum atomic E-state index is -4.16. The number of hydrogen-bond acceptors (Lipinski definition) is 1. The molecule has 0 bridgehead atoms.